The molecule has 0 aromatic heterocycles. The van der Waals surface area contributed by atoms with E-state index in [2.05, 4.69) is 10.6 Å². The lowest BCUT2D eigenvalue weighted by Gasteiger charge is -2.15. The predicted octanol–water partition coefficient (Wildman–Crippen LogP) is 0.118. The lowest BCUT2D eigenvalue weighted by atomic mass is 10.2. The molecular weight excluding hydrogens is 206 g/mol. The van der Waals surface area contributed by atoms with Gasteiger partial charge in [0.25, 0.3) is 5.92 Å². The molecule has 0 rings (SSSR count). The van der Waals surface area contributed by atoms with E-state index in [1.165, 1.54) is 0 Å². The van der Waals surface area contributed by atoms with Crippen molar-refractivity contribution in [1.29, 1.82) is 0 Å². The lowest BCUT2D eigenvalue weighted by Crippen LogP contribution is -2.43. The van der Waals surface area contributed by atoms with Crippen LogP contribution >= 0.6 is 0 Å². The summed E-state index contributed by atoms with van der Waals surface area (Å²) in [7, 11) is 0. The molecule has 4 nitrogen and oxygen atoms in total. The van der Waals surface area contributed by atoms with E-state index in [4.69, 9.17) is 5.11 Å². The number of alkyl halides is 2. The molecule has 1 amide bonds. The summed E-state index contributed by atoms with van der Waals surface area (Å²) in [5.41, 5.74) is 0. The zero-order chi connectivity index (χ0) is 11.9. The molecule has 0 aliphatic carbocycles. The average Bonchev–Trinajstić information content (AvgIpc) is 2.17. The van der Waals surface area contributed by atoms with Crippen molar-refractivity contribution >= 4 is 5.91 Å². The van der Waals surface area contributed by atoms with E-state index < -0.39 is 19.1 Å². The van der Waals surface area contributed by atoms with Crippen LogP contribution in [0.1, 0.15) is 20.3 Å². The number of nitrogens with one attached hydrogen (secondary N) is 2. The SMILES string of the molecule is CCC(C)NC(=O)CNCC(F)(F)CO. The first-order valence-corrected chi connectivity index (χ1v) is 4.90. The number of aliphatic hydroxyl groups excluding tert-OH is 1. The Hall–Kier alpha value is -0.750. The number of rotatable bonds is 7. The first kappa shape index (κ1) is 14.2. The molecule has 6 heteroatoms. The molecule has 3 N–H and O–H groups in total. The highest BCUT2D eigenvalue weighted by Gasteiger charge is 2.27. The highest BCUT2D eigenvalue weighted by Crippen LogP contribution is 2.09. The summed E-state index contributed by atoms with van der Waals surface area (Å²) in [6.07, 6.45) is 0.790. The second-order valence-electron chi connectivity index (χ2n) is 3.49. The van der Waals surface area contributed by atoms with Gasteiger partial charge in [-0.1, -0.05) is 6.92 Å². The van der Waals surface area contributed by atoms with E-state index in [1.807, 2.05) is 13.8 Å². The van der Waals surface area contributed by atoms with Gasteiger partial charge in [0.05, 0.1) is 13.1 Å². The summed E-state index contributed by atoms with van der Waals surface area (Å²) < 4.78 is 25.0. The predicted molar refractivity (Wildman–Crippen MR) is 52.8 cm³/mol. The molecule has 0 saturated heterocycles. The first-order valence-electron chi connectivity index (χ1n) is 4.90. The fraction of sp³-hybridized carbons (Fsp3) is 0.889. The van der Waals surface area contributed by atoms with Crippen LogP contribution < -0.4 is 10.6 Å². The van der Waals surface area contributed by atoms with E-state index in [1.54, 1.807) is 0 Å². The summed E-state index contributed by atoms with van der Waals surface area (Å²) in [4.78, 5) is 11.1. The van der Waals surface area contributed by atoms with Crippen LogP contribution in [0.25, 0.3) is 0 Å². The molecule has 1 unspecified atom stereocenters. The van der Waals surface area contributed by atoms with Gasteiger partial charge in [-0.05, 0) is 13.3 Å². The Kier molecular flexibility index (Phi) is 6.35. The molecule has 0 radical (unpaired) electrons. The van der Waals surface area contributed by atoms with Crippen LogP contribution in [0.3, 0.4) is 0 Å². The van der Waals surface area contributed by atoms with Crippen molar-refractivity contribution < 1.29 is 18.7 Å². The second kappa shape index (κ2) is 6.68. The minimum atomic E-state index is -3.17. The van der Waals surface area contributed by atoms with Crippen molar-refractivity contribution in [2.24, 2.45) is 0 Å². The first-order chi connectivity index (χ1) is 6.91. The molecule has 0 fully saturated rings. The largest absolute Gasteiger partial charge is 0.390 e. The maximum absolute atomic E-state index is 12.5. The molecule has 90 valence electrons. The van der Waals surface area contributed by atoms with Gasteiger partial charge in [-0.2, -0.15) is 0 Å². The smallest absolute Gasteiger partial charge is 0.282 e. The molecule has 0 saturated carbocycles. The van der Waals surface area contributed by atoms with E-state index >= 15 is 0 Å². The topological polar surface area (TPSA) is 61.4 Å². The normalized spacial score (nSPS) is 13.7. The Labute approximate surface area is 88.0 Å². The molecule has 0 heterocycles. The van der Waals surface area contributed by atoms with Gasteiger partial charge < -0.3 is 15.7 Å². The van der Waals surface area contributed by atoms with Crippen LogP contribution in [0.15, 0.2) is 0 Å². The van der Waals surface area contributed by atoms with Gasteiger partial charge in [-0.15, -0.1) is 0 Å². The zero-order valence-corrected chi connectivity index (χ0v) is 9.02. The summed E-state index contributed by atoms with van der Waals surface area (Å²) in [6.45, 7) is 1.67. The standard InChI is InChI=1S/C9H18F2N2O2/c1-3-7(2)13-8(15)4-12-5-9(10,11)6-14/h7,12,14H,3-6H2,1-2H3,(H,13,15). The van der Waals surface area contributed by atoms with E-state index in [0.717, 1.165) is 6.42 Å². The van der Waals surface area contributed by atoms with Crippen LogP contribution in [0.5, 0.6) is 0 Å². The van der Waals surface area contributed by atoms with E-state index in [0.29, 0.717) is 0 Å². The summed E-state index contributed by atoms with van der Waals surface area (Å²) in [6, 6.07) is 0.0395. The number of carbonyl (C=O) groups excluding carboxylic acids is 1. The van der Waals surface area contributed by atoms with Crippen molar-refractivity contribution in [2.45, 2.75) is 32.2 Å². The minimum absolute atomic E-state index is 0.0395. The zero-order valence-electron chi connectivity index (χ0n) is 9.02. The van der Waals surface area contributed by atoms with Crippen LogP contribution in [0.4, 0.5) is 8.78 Å². The van der Waals surface area contributed by atoms with Gasteiger partial charge in [-0.25, -0.2) is 8.78 Å². The van der Waals surface area contributed by atoms with Crippen LogP contribution in [0.2, 0.25) is 0 Å². The van der Waals surface area contributed by atoms with Gasteiger partial charge in [-0.3, -0.25) is 4.79 Å². The highest BCUT2D eigenvalue weighted by molar-refractivity contribution is 5.78. The molecular formula is C9H18F2N2O2. The van der Waals surface area contributed by atoms with E-state index in [9.17, 15) is 13.6 Å². The molecule has 0 bridgehead atoms. The van der Waals surface area contributed by atoms with Crippen molar-refractivity contribution in [3.05, 3.63) is 0 Å². The van der Waals surface area contributed by atoms with Crippen molar-refractivity contribution in [3.63, 3.8) is 0 Å². The Bertz CT molecular complexity index is 201. The molecule has 0 aromatic carbocycles. The minimum Gasteiger partial charge on any atom is -0.390 e. The third kappa shape index (κ3) is 7.21. The molecule has 0 spiro atoms. The van der Waals surface area contributed by atoms with Gasteiger partial charge in [0.2, 0.25) is 5.91 Å². The maximum atomic E-state index is 12.5. The van der Waals surface area contributed by atoms with Crippen LogP contribution in [0, 0.1) is 0 Å². The van der Waals surface area contributed by atoms with Crippen molar-refractivity contribution in [3.8, 4) is 0 Å². The fourth-order valence-electron chi connectivity index (χ4n) is 0.843. The highest BCUT2D eigenvalue weighted by atomic mass is 19.3. The van der Waals surface area contributed by atoms with Crippen LogP contribution in [-0.2, 0) is 4.79 Å². The number of carbonyl (C=O) groups is 1. The Morgan fingerprint density at radius 1 is 1.53 bits per heavy atom. The third-order valence-electron chi connectivity index (χ3n) is 1.92. The summed E-state index contributed by atoms with van der Waals surface area (Å²) in [5.74, 6) is -3.49. The second-order valence-corrected chi connectivity index (χ2v) is 3.49. The number of aliphatic hydroxyl groups is 1. The summed E-state index contributed by atoms with van der Waals surface area (Å²) in [5, 5.41) is 13.2. The molecule has 1 atom stereocenters. The van der Waals surface area contributed by atoms with Crippen molar-refractivity contribution in [1.82, 2.24) is 10.6 Å². The Balaban J connectivity index is 3.64. The van der Waals surface area contributed by atoms with Gasteiger partial charge >= 0.3 is 0 Å². The maximum Gasteiger partial charge on any atom is 0.282 e. The van der Waals surface area contributed by atoms with Crippen molar-refractivity contribution in [2.75, 3.05) is 19.7 Å². The third-order valence-corrected chi connectivity index (χ3v) is 1.92. The molecule has 0 aliphatic rings. The monoisotopic (exact) mass is 224 g/mol. The Morgan fingerprint density at radius 3 is 2.60 bits per heavy atom. The Morgan fingerprint density at radius 2 is 2.13 bits per heavy atom. The van der Waals surface area contributed by atoms with Gasteiger partial charge in [0.15, 0.2) is 0 Å². The quantitative estimate of drug-likeness (QED) is 0.575. The average molecular weight is 224 g/mol. The fourth-order valence-corrected chi connectivity index (χ4v) is 0.843. The molecule has 15 heavy (non-hydrogen) atoms. The number of hydrogen-bond acceptors (Lipinski definition) is 3. The van der Waals surface area contributed by atoms with Gasteiger partial charge in [0, 0.05) is 6.04 Å². The van der Waals surface area contributed by atoms with Gasteiger partial charge in [0.1, 0.15) is 6.61 Å². The van der Waals surface area contributed by atoms with E-state index in [-0.39, 0.29) is 18.5 Å². The van der Waals surface area contributed by atoms with Crippen LogP contribution in [-0.4, -0.2) is 42.7 Å². The lowest BCUT2D eigenvalue weighted by molar-refractivity contribution is -0.121. The molecule has 0 aromatic rings. The summed E-state index contributed by atoms with van der Waals surface area (Å²) >= 11 is 0. The number of amides is 1. The molecule has 0 aliphatic heterocycles. The number of halogens is 2. The number of hydrogen-bond donors (Lipinski definition) is 3.